The Morgan fingerprint density at radius 3 is 2.11 bits per heavy atom. The quantitative estimate of drug-likeness (QED) is 0.332. The Balaban J connectivity index is 1.58. The summed E-state index contributed by atoms with van der Waals surface area (Å²) in [4.78, 5) is 56.0. The Morgan fingerprint density at radius 1 is 0.841 bits per heavy atom. The number of ether oxygens (including phenoxy) is 2. The predicted octanol–water partition coefficient (Wildman–Crippen LogP) is 4.52. The molecule has 3 aromatic carbocycles. The van der Waals surface area contributed by atoms with Gasteiger partial charge in [-0.15, -0.1) is 0 Å². The van der Waals surface area contributed by atoms with Crippen molar-refractivity contribution in [1.29, 1.82) is 0 Å². The maximum absolute atomic E-state index is 15.0. The van der Waals surface area contributed by atoms with E-state index < -0.39 is 35.0 Å². The number of nitrogens with one attached hydrogen (secondary N) is 1. The molecule has 44 heavy (non-hydrogen) atoms. The van der Waals surface area contributed by atoms with Crippen molar-refractivity contribution in [1.82, 2.24) is 5.32 Å². The van der Waals surface area contributed by atoms with Crippen molar-refractivity contribution in [2.75, 3.05) is 14.2 Å². The van der Waals surface area contributed by atoms with Crippen LogP contribution in [-0.2, 0) is 24.6 Å². The number of aromatic hydroxyl groups is 1. The third kappa shape index (κ3) is 3.83. The second-order valence-corrected chi connectivity index (χ2v) is 11.9. The molecular formula is C36H31NO7. The monoisotopic (exact) mass is 589 g/mol. The molecule has 0 aromatic heterocycles. The molecule has 1 aliphatic heterocycles. The average Bonchev–Trinajstić information content (AvgIpc) is 3.35. The van der Waals surface area contributed by atoms with Crippen LogP contribution in [-0.4, -0.2) is 42.7 Å². The lowest BCUT2D eigenvalue weighted by Crippen LogP contribution is -2.59. The van der Waals surface area contributed by atoms with Gasteiger partial charge in [0.05, 0.1) is 31.5 Å². The Kier molecular flexibility index (Phi) is 6.53. The van der Waals surface area contributed by atoms with Crippen LogP contribution in [0.4, 0.5) is 0 Å². The fourth-order valence-electron chi connectivity index (χ4n) is 8.31. The highest BCUT2D eigenvalue weighted by atomic mass is 16.5. The normalized spacial score (nSPS) is 29.1. The Labute approximate surface area is 254 Å². The van der Waals surface area contributed by atoms with E-state index in [1.54, 1.807) is 0 Å². The van der Waals surface area contributed by atoms with Crippen molar-refractivity contribution < 1.29 is 33.8 Å². The number of methoxy groups -OCH3 is 2. The number of Topliss-reactive ketones (excluding diaryl/α,β-unsaturated/α-hetero) is 1. The van der Waals surface area contributed by atoms with E-state index in [0.717, 1.165) is 5.57 Å². The first-order valence-corrected chi connectivity index (χ1v) is 14.7. The molecule has 8 heteroatoms. The number of carbonyl (C=O) groups excluding carboxylic acids is 4. The maximum Gasteiger partial charge on any atom is 0.231 e. The topological polar surface area (TPSA) is 119 Å². The van der Waals surface area contributed by atoms with Crippen molar-refractivity contribution in [2.45, 2.75) is 24.2 Å². The number of ketones is 2. The predicted molar refractivity (Wildman–Crippen MR) is 161 cm³/mol. The summed E-state index contributed by atoms with van der Waals surface area (Å²) >= 11 is 0. The second kappa shape index (κ2) is 10.3. The van der Waals surface area contributed by atoms with Crippen molar-refractivity contribution >= 4 is 29.0 Å². The van der Waals surface area contributed by atoms with E-state index in [1.165, 1.54) is 32.4 Å². The molecule has 2 N–H and O–H groups in total. The highest BCUT2D eigenvalue weighted by Gasteiger charge is 2.66. The molecule has 2 fully saturated rings. The molecule has 222 valence electrons. The zero-order chi connectivity index (χ0) is 30.7. The van der Waals surface area contributed by atoms with Crippen molar-refractivity contribution in [2.24, 2.45) is 23.7 Å². The molecule has 3 aliphatic carbocycles. The lowest BCUT2D eigenvalue weighted by atomic mass is 9.44. The summed E-state index contributed by atoms with van der Waals surface area (Å²) in [5.74, 6) is -4.06. The summed E-state index contributed by atoms with van der Waals surface area (Å²) in [5, 5.41) is 13.1. The first-order chi connectivity index (χ1) is 21.3. The van der Waals surface area contributed by atoms with Crippen LogP contribution in [0.3, 0.4) is 0 Å². The number of allylic oxidation sites excluding steroid dienone is 4. The molecule has 3 aromatic rings. The molecule has 2 amide bonds. The van der Waals surface area contributed by atoms with Crippen LogP contribution < -0.4 is 14.8 Å². The smallest absolute Gasteiger partial charge is 0.231 e. The number of benzene rings is 3. The van der Waals surface area contributed by atoms with E-state index in [1.807, 2.05) is 66.7 Å². The van der Waals surface area contributed by atoms with Crippen molar-refractivity contribution in [3.63, 3.8) is 0 Å². The van der Waals surface area contributed by atoms with Crippen molar-refractivity contribution in [3.05, 3.63) is 107 Å². The minimum Gasteiger partial charge on any atom is -0.508 e. The number of hydrogen-bond donors (Lipinski definition) is 2. The van der Waals surface area contributed by atoms with Crippen LogP contribution in [0.1, 0.15) is 35.4 Å². The Bertz CT molecular complexity index is 1750. The minimum atomic E-state index is -1.43. The lowest BCUT2D eigenvalue weighted by molar-refractivity contribution is -0.135. The molecule has 0 radical (unpaired) electrons. The van der Waals surface area contributed by atoms with E-state index in [9.17, 15) is 19.5 Å². The maximum atomic E-state index is 15.0. The molecule has 6 atom stereocenters. The number of imide groups is 1. The van der Waals surface area contributed by atoms with Crippen LogP contribution in [0.25, 0.3) is 5.57 Å². The van der Waals surface area contributed by atoms with Gasteiger partial charge in [-0.05, 0) is 36.0 Å². The van der Waals surface area contributed by atoms with Crippen LogP contribution in [0.5, 0.6) is 17.2 Å². The summed E-state index contributed by atoms with van der Waals surface area (Å²) in [7, 11) is 2.95. The summed E-state index contributed by atoms with van der Waals surface area (Å²) in [6.45, 7) is 0. The summed E-state index contributed by atoms with van der Waals surface area (Å²) in [6, 6.07) is 21.3. The molecule has 0 spiro atoms. The van der Waals surface area contributed by atoms with E-state index in [-0.39, 0.29) is 47.1 Å². The molecule has 1 saturated heterocycles. The Hall–Kier alpha value is -4.98. The van der Waals surface area contributed by atoms with Gasteiger partial charge in [0.15, 0.2) is 11.6 Å². The molecule has 8 nitrogen and oxygen atoms in total. The van der Waals surface area contributed by atoms with Gasteiger partial charge in [-0.25, -0.2) is 0 Å². The summed E-state index contributed by atoms with van der Waals surface area (Å²) in [6.07, 6.45) is 3.95. The zero-order valence-electron chi connectivity index (χ0n) is 24.3. The van der Waals surface area contributed by atoms with Gasteiger partial charge in [0.25, 0.3) is 0 Å². The molecule has 6 unspecified atom stereocenters. The number of phenolic OH excluding ortho intramolecular Hbond substituents is 1. The van der Waals surface area contributed by atoms with Crippen LogP contribution in [0.2, 0.25) is 0 Å². The molecule has 1 saturated carbocycles. The van der Waals surface area contributed by atoms with Crippen molar-refractivity contribution in [3.8, 4) is 17.2 Å². The first-order valence-electron chi connectivity index (χ1n) is 14.7. The van der Waals surface area contributed by atoms with E-state index in [0.29, 0.717) is 28.7 Å². The largest absolute Gasteiger partial charge is 0.508 e. The zero-order valence-corrected chi connectivity index (χ0v) is 24.3. The van der Waals surface area contributed by atoms with Crippen LogP contribution >= 0.6 is 0 Å². The third-order valence-corrected chi connectivity index (χ3v) is 10.0. The van der Waals surface area contributed by atoms with Crippen LogP contribution in [0, 0.1) is 23.7 Å². The van der Waals surface area contributed by atoms with Gasteiger partial charge in [-0.2, -0.15) is 0 Å². The first kappa shape index (κ1) is 27.8. The number of fused-ring (bicyclic) bond motifs is 4. The average molecular weight is 590 g/mol. The van der Waals surface area contributed by atoms with E-state index in [4.69, 9.17) is 9.47 Å². The third-order valence-electron chi connectivity index (χ3n) is 10.0. The number of hydrogen-bond acceptors (Lipinski definition) is 7. The Morgan fingerprint density at radius 2 is 1.48 bits per heavy atom. The van der Waals surface area contributed by atoms with E-state index >= 15 is 4.79 Å². The summed E-state index contributed by atoms with van der Waals surface area (Å²) < 4.78 is 11.7. The highest BCUT2D eigenvalue weighted by molar-refractivity contribution is 6.31. The fourth-order valence-corrected chi connectivity index (χ4v) is 8.31. The highest BCUT2D eigenvalue weighted by Crippen LogP contribution is 2.65. The standard InChI is InChI=1S/C36H31NO7/c1-43-27-15-21(38)16-28(44-2)31(27)32-22-13-14-23-30(35(42)37-34(23)41)25(22)17-26-33(40)24(19-9-5-3-6-10-19)18-29(39)36(26,32)20-11-7-4-8-12-20/h3-13,15-16,18,23,25-26,30,32,38H,14,17H2,1-2H3,(H,37,41,42). The van der Waals surface area contributed by atoms with Gasteiger partial charge in [0.1, 0.15) is 17.2 Å². The van der Waals surface area contributed by atoms with E-state index in [2.05, 4.69) is 5.32 Å². The van der Waals surface area contributed by atoms with Gasteiger partial charge < -0.3 is 14.6 Å². The molecular weight excluding hydrogens is 558 g/mol. The van der Waals surface area contributed by atoms with Gasteiger partial charge in [0, 0.05) is 35.1 Å². The molecule has 7 rings (SSSR count). The SMILES string of the molecule is COc1cc(O)cc(OC)c1C1C2=CCC3C(=O)NC(=O)C3C2CC2C(=O)C(c3ccccc3)=CC(=O)C21c1ccccc1. The van der Waals surface area contributed by atoms with Gasteiger partial charge in [0.2, 0.25) is 11.8 Å². The lowest BCUT2D eigenvalue weighted by Gasteiger charge is -2.55. The number of carbonyl (C=O) groups is 4. The van der Waals surface area contributed by atoms with Gasteiger partial charge >= 0.3 is 0 Å². The molecule has 0 bridgehead atoms. The van der Waals surface area contributed by atoms with Gasteiger partial charge in [-0.3, -0.25) is 24.5 Å². The van der Waals surface area contributed by atoms with Crippen LogP contribution in [0.15, 0.2) is 90.5 Å². The second-order valence-electron chi connectivity index (χ2n) is 11.9. The number of phenols is 1. The van der Waals surface area contributed by atoms with Gasteiger partial charge in [-0.1, -0.05) is 72.3 Å². The minimum absolute atomic E-state index is 0.0871. The summed E-state index contributed by atoms with van der Waals surface area (Å²) in [5.41, 5.74) is 1.47. The molecule has 4 aliphatic rings. The number of rotatable bonds is 5. The number of amides is 2. The molecule has 1 heterocycles. The fraction of sp³-hybridized carbons (Fsp3) is 0.278.